The molecule has 0 saturated carbocycles. The summed E-state index contributed by atoms with van der Waals surface area (Å²) in [7, 11) is 0. The molecule has 0 aromatic heterocycles. The number of rotatable bonds is 5. The van der Waals surface area contributed by atoms with Gasteiger partial charge >= 0.3 is 0 Å². The van der Waals surface area contributed by atoms with Crippen LogP contribution >= 0.6 is 0 Å². The summed E-state index contributed by atoms with van der Waals surface area (Å²) in [5, 5.41) is 21.7. The largest absolute Gasteiger partial charge is 0.396 e. The molecule has 0 aliphatic carbocycles. The van der Waals surface area contributed by atoms with Crippen LogP contribution in [0.5, 0.6) is 0 Å². The first kappa shape index (κ1) is 13.0. The van der Waals surface area contributed by atoms with Crippen molar-refractivity contribution >= 4 is 5.69 Å². The number of anilines is 1. The monoisotopic (exact) mass is 223 g/mol. The normalized spacial score (nSPS) is 11.6. The Balaban J connectivity index is 2.71. The highest BCUT2D eigenvalue weighted by atomic mass is 16.3. The summed E-state index contributed by atoms with van der Waals surface area (Å²) in [6, 6.07) is 6.08. The zero-order valence-electron chi connectivity index (χ0n) is 10.2. The Hall–Kier alpha value is -1.06. The Kier molecular flexibility index (Phi) is 4.33. The lowest BCUT2D eigenvalue weighted by Gasteiger charge is -2.26. The molecule has 16 heavy (non-hydrogen) atoms. The van der Waals surface area contributed by atoms with Gasteiger partial charge < -0.3 is 15.5 Å². The average Bonchev–Trinajstić information content (AvgIpc) is 2.31. The van der Waals surface area contributed by atoms with Gasteiger partial charge in [-0.25, -0.2) is 0 Å². The van der Waals surface area contributed by atoms with Crippen molar-refractivity contribution in [2.75, 3.05) is 25.1 Å². The zero-order valence-corrected chi connectivity index (χ0v) is 10.2. The lowest BCUT2D eigenvalue weighted by molar-refractivity contribution is 0.0806. The first-order chi connectivity index (χ1) is 7.52. The number of hydrogen-bond donors (Lipinski definition) is 3. The summed E-state index contributed by atoms with van der Waals surface area (Å²) in [5.41, 5.74) is 3.03. The van der Waals surface area contributed by atoms with Crippen LogP contribution in [0.1, 0.15) is 18.1 Å². The molecule has 0 heterocycles. The van der Waals surface area contributed by atoms with Gasteiger partial charge in [0.05, 0.1) is 13.2 Å². The van der Waals surface area contributed by atoms with Crippen LogP contribution in [0, 0.1) is 19.3 Å². The fraction of sp³-hybridized carbons (Fsp3) is 0.538. The third kappa shape index (κ3) is 2.97. The minimum atomic E-state index is -0.476. The van der Waals surface area contributed by atoms with Crippen LogP contribution in [0.25, 0.3) is 0 Å². The molecule has 90 valence electrons. The van der Waals surface area contributed by atoms with E-state index in [1.165, 1.54) is 11.1 Å². The molecule has 0 unspecified atom stereocenters. The van der Waals surface area contributed by atoms with Gasteiger partial charge in [0.25, 0.3) is 0 Å². The van der Waals surface area contributed by atoms with Gasteiger partial charge in [-0.15, -0.1) is 0 Å². The van der Waals surface area contributed by atoms with Crippen molar-refractivity contribution in [1.82, 2.24) is 0 Å². The molecule has 0 bridgehead atoms. The molecule has 0 fully saturated rings. The van der Waals surface area contributed by atoms with Gasteiger partial charge in [0.15, 0.2) is 0 Å². The molecule has 1 rings (SSSR count). The van der Waals surface area contributed by atoms with E-state index in [2.05, 4.69) is 25.2 Å². The summed E-state index contributed by atoms with van der Waals surface area (Å²) < 4.78 is 0. The highest BCUT2D eigenvalue weighted by Crippen LogP contribution is 2.21. The molecular weight excluding hydrogens is 202 g/mol. The lowest BCUT2D eigenvalue weighted by Crippen LogP contribution is -2.34. The van der Waals surface area contributed by atoms with E-state index < -0.39 is 5.41 Å². The molecule has 0 radical (unpaired) electrons. The van der Waals surface area contributed by atoms with Crippen molar-refractivity contribution in [3.05, 3.63) is 29.3 Å². The van der Waals surface area contributed by atoms with Crippen LogP contribution in [-0.4, -0.2) is 30.0 Å². The summed E-state index contributed by atoms with van der Waals surface area (Å²) in [6.45, 7) is 6.49. The Labute approximate surface area is 97.1 Å². The van der Waals surface area contributed by atoms with E-state index in [1.54, 1.807) is 0 Å². The zero-order chi connectivity index (χ0) is 12.2. The molecule has 1 aromatic rings. The molecule has 0 amide bonds. The number of aliphatic hydroxyl groups is 2. The van der Waals surface area contributed by atoms with E-state index in [9.17, 15) is 10.2 Å². The molecule has 3 heteroatoms. The van der Waals surface area contributed by atoms with E-state index in [1.807, 2.05) is 19.1 Å². The molecule has 0 spiro atoms. The Bertz CT molecular complexity index is 346. The van der Waals surface area contributed by atoms with Crippen LogP contribution in [0.3, 0.4) is 0 Å². The predicted molar refractivity (Wildman–Crippen MR) is 66.7 cm³/mol. The Morgan fingerprint density at radius 2 is 1.81 bits per heavy atom. The summed E-state index contributed by atoms with van der Waals surface area (Å²) in [4.78, 5) is 0. The van der Waals surface area contributed by atoms with E-state index in [4.69, 9.17) is 0 Å². The molecule has 0 saturated heterocycles. The molecule has 3 N–H and O–H groups in total. The maximum Gasteiger partial charge on any atom is 0.0523 e. The molecule has 0 aliphatic rings. The maximum absolute atomic E-state index is 9.19. The van der Waals surface area contributed by atoms with E-state index in [0.29, 0.717) is 6.54 Å². The SMILES string of the molecule is Cc1cccc(NCC(C)(CO)CO)c1C. The van der Waals surface area contributed by atoms with Gasteiger partial charge in [-0.1, -0.05) is 19.1 Å². The second-order valence-corrected chi connectivity index (χ2v) is 4.73. The predicted octanol–water partition coefficient (Wildman–Crippen LogP) is 1.71. The van der Waals surface area contributed by atoms with Crippen molar-refractivity contribution in [2.24, 2.45) is 5.41 Å². The van der Waals surface area contributed by atoms with Crippen LogP contribution < -0.4 is 5.32 Å². The average molecular weight is 223 g/mol. The number of aryl methyl sites for hydroxylation is 1. The smallest absolute Gasteiger partial charge is 0.0523 e. The van der Waals surface area contributed by atoms with Gasteiger partial charge in [-0.05, 0) is 31.0 Å². The summed E-state index contributed by atoms with van der Waals surface area (Å²) >= 11 is 0. The number of hydrogen-bond acceptors (Lipinski definition) is 3. The second-order valence-electron chi connectivity index (χ2n) is 4.73. The van der Waals surface area contributed by atoms with Crippen molar-refractivity contribution in [3.63, 3.8) is 0 Å². The number of benzene rings is 1. The fourth-order valence-corrected chi connectivity index (χ4v) is 1.41. The van der Waals surface area contributed by atoms with E-state index in [0.717, 1.165) is 5.69 Å². The van der Waals surface area contributed by atoms with Crippen molar-refractivity contribution in [3.8, 4) is 0 Å². The molecule has 0 aliphatic heterocycles. The minimum Gasteiger partial charge on any atom is -0.396 e. The number of aliphatic hydroxyl groups excluding tert-OH is 2. The van der Waals surface area contributed by atoms with Gasteiger partial charge in [-0.3, -0.25) is 0 Å². The first-order valence-electron chi connectivity index (χ1n) is 5.54. The van der Waals surface area contributed by atoms with Crippen LogP contribution in [0.4, 0.5) is 5.69 Å². The third-order valence-electron chi connectivity index (χ3n) is 3.07. The van der Waals surface area contributed by atoms with Gasteiger partial charge in [0.2, 0.25) is 0 Å². The maximum atomic E-state index is 9.19. The minimum absolute atomic E-state index is 0.0264. The second kappa shape index (κ2) is 5.32. The molecule has 1 aromatic carbocycles. The topological polar surface area (TPSA) is 52.5 Å². The van der Waals surface area contributed by atoms with Gasteiger partial charge in [0, 0.05) is 17.6 Å². The van der Waals surface area contributed by atoms with Crippen molar-refractivity contribution in [1.29, 1.82) is 0 Å². The fourth-order valence-electron chi connectivity index (χ4n) is 1.41. The molecular formula is C13H21NO2. The van der Waals surface area contributed by atoms with E-state index >= 15 is 0 Å². The first-order valence-corrected chi connectivity index (χ1v) is 5.54. The highest BCUT2D eigenvalue weighted by Gasteiger charge is 2.22. The standard InChI is InChI=1S/C13H21NO2/c1-10-5-4-6-12(11(10)2)14-7-13(3,8-15)9-16/h4-6,14-16H,7-9H2,1-3H3. The lowest BCUT2D eigenvalue weighted by atomic mass is 9.93. The number of nitrogens with one attached hydrogen (secondary N) is 1. The Morgan fingerprint density at radius 1 is 1.19 bits per heavy atom. The van der Waals surface area contributed by atoms with Crippen molar-refractivity contribution in [2.45, 2.75) is 20.8 Å². The van der Waals surface area contributed by atoms with Crippen LogP contribution in [-0.2, 0) is 0 Å². The van der Waals surface area contributed by atoms with Crippen LogP contribution in [0.2, 0.25) is 0 Å². The van der Waals surface area contributed by atoms with E-state index in [-0.39, 0.29) is 13.2 Å². The Morgan fingerprint density at radius 3 is 2.38 bits per heavy atom. The highest BCUT2D eigenvalue weighted by molar-refractivity contribution is 5.53. The van der Waals surface area contributed by atoms with Gasteiger partial charge in [-0.2, -0.15) is 0 Å². The third-order valence-corrected chi connectivity index (χ3v) is 3.07. The summed E-state index contributed by atoms with van der Waals surface area (Å²) in [5.74, 6) is 0. The van der Waals surface area contributed by atoms with Crippen LogP contribution in [0.15, 0.2) is 18.2 Å². The van der Waals surface area contributed by atoms with Gasteiger partial charge in [0.1, 0.15) is 0 Å². The molecule has 0 atom stereocenters. The van der Waals surface area contributed by atoms with Crippen molar-refractivity contribution < 1.29 is 10.2 Å². The summed E-state index contributed by atoms with van der Waals surface area (Å²) in [6.07, 6.45) is 0. The quantitative estimate of drug-likeness (QED) is 0.712. The molecule has 3 nitrogen and oxygen atoms in total.